The highest BCUT2D eigenvalue weighted by Gasteiger charge is 2.34. The molecule has 0 saturated heterocycles. The minimum atomic E-state index is -1.12. The molecule has 0 spiro atoms. The van der Waals surface area contributed by atoms with Gasteiger partial charge >= 0.3 is 6.16 Å². The average Bonchev–Trinajstić information content (AvgIpc) is 2.04. The first-order chi connectivity index (χ1) is 6.18. The highest BCUT2D eigenvalue weighted by molar-refractivity contribution is 5.57. The van der Waals surface area contributed by atoms with Gasteiger partial charge in [-0.1, -0.05) is 19.8 Å². The lowest BCUT2D eigenvalue weighted by Crippen LogP contribution is -2.36. The van der Waals surface area contributed by atoms with E-state index in [9.17, 15) is 4.79 Å². The molecule has 0 amide bonds. The zero-order valence-corrected chi connectivity index (χ0v) is 8.21. The molecular weight excluding hydrogens is 168 g/mol. The molecule has 0 atom stereocenters. The summed E-state index contributed by atoms with van der Waals surface area (Å²) in [5, 5.41) is 8.64. The quantitative estimate of drug-likeness (QED) is 0.688. The summed E-state index contributed by atoms with van der Waals surface area (Å²) in [5.74, 6) is 0. The van der Waals surface area contributed by atoms with E-state index in [0.29, 0.717) is 0 Å². The minimum Gasteiger partial charge on any atom is -0.450 e. The summed E-state index contributed by atoms with van der Waals surface area (Å²) in [4.78, 5) is 10.5. The molecule has 1 fully saturated rings. The summed E-state index contributed by atoms with van der Waals surface area (Å²) in [6.07, 6.45) is 6.00. The monoisotopic (exact) mass is 186 g/mol. The topological polar surface area (TPSA) is 46.5 Å². The fraction of sp³-hybridized carbons (Fsp3) is 0.900. The largest absolute Gasteiger partial charge is 0.506 e. The molecule has 0 aromatic heterocycles. The van der Waals surface area contributed by atoms with E-state index in [2.05, 4.69) is 6.92 Å². The van der Waals surface area contributed by atoms with E-state index in [1.54, 1.807) is 0 Å². The van der Waals surface area contributed by atoms with Gasteiger partial charge in [0.1, 0.15) is 5.60 Å². The summed E-state index contributed by atoms with van der Waals surface area (Å²) in [5.41, 5.74) is -0.348. The number of carboxylic acid groups (broad SMARTS) is 1. The van der Waals surface area contributed by atoms with Gasteiger partial charge in [0, 0.05) is 0 Å². The van der Waals surface area contributed by atoms with Gasteiger partial charge in [-0.3, -0.25) is 0 Å². The zero-order chi connectivity index (χ0) is 9.73. The minimum absolute atomic E-state index is 0.348. The van der Waals surface area contributed by atoms with Gasteiger partial charge in [0.2, 0.25) is 0 Å². The van der Waals surface area contributed by atoms with Crippen LogP contribution in [-0.4, -0.2) is 16.9 Å². The Kier molecular flexibility index (Phi) is 3.58. The van der Waals surface area contributed by atoms with Crippen LogP contribution in [0.4, 0.5) is 4.79 Å². The predicted molar refractivity (Wildman–Crippen MR) is 49.8 cm³/mol. The van der Waals surface area contributed by atoms with Gasteiger partial charge in [-0.2, -0.15) is 0 Å². The molecule has 1 aliphatic rings. The van der Waals surface area contributed by atoms with E-state index in [1.807, 2.05) is 0 Å². The van der Waals surface area contributed by atoms with E-state index in [4.69, 9.17) is 9.84 Å². The van der Waals surface area contributed by atoms with Gasteiger partial charge in [0.25, 0.3) is 0 Å². The molecule has 0 heterocycles. The van der Waals surface area contributed by atoms with Gasteiger partial charge in [-0.25, -0.2) is 4.79 Å². The normalized spacial score (nSPS) is 21.0. The Bertz CT molecular complexity index is 165. The molecule has 0 bridgehead atoms. The van der Waals surface area contributed by atoms with Gasteiger partial charge in [-0.15, -0.1) is 0 Å². The Hall–Kier alpha value is -0.730. The Morgan fingerprint density at radius 2 is 2.00 bits per heavy atom. The van der Waals surface area contributed by atoms with Crippen LogP contribution in [0.25, 0.3) is 0 Å². The number of hydrogen-bond donors (Lipinski definition) is 1. The first-order valence-corrected chi connectivity index (χ1v) is 5.10. The number of carbonyl (C=O) groups is 1. The third-order valence-electron chi connectivity index (χ3n) is 2.77. The van der Waals surface area contributed by atoms with Crippen molar-refractivity contribution in [2.75, 3.05) is 0 Å². The van der Waals surface area contributed by atoms with Crippen molar-refractivity contribution in [3.05, 3.63) is 0 Å². The van der Waals surface area contributed by atoms with E-state index < -0.39 is 6.16 Å². The summed E-state index contributed by atoms with van der Waals surface area (Å²) < 4.78 is 5.04. The summed E-state index contributed by atoms with van der Waals surface area (Å²) in [6.45, 7) is 2.07. The molecule has 13 heavy (non-hydrogen) atoms. The van der Waals surface area contributed by atoms with E-state index >= 15 is 0 Å². The maximum atomic E-state index is 10.5. The van der Waals surface area contributed by atoms with E-state index in [-0.39, 0.29) is 5.60 Å². The fourth-order valence-corrected chi connectivity index (χ4v) is 2.24. The van der Waals surface area contributed by atoms with Crippen LogP contribution in [0.3, 0.4) is 0 Å². The van der Waals surface area contributed by atoms with Crippen LogP contribution in [0.15, 0.2) is 0 Å². The maximum Gasteiger partial charge on any atom is 0.506 e. The second kappa shape index (κ2) is 4.49. The lowest BCUT2D eigenvalue weighted by Gasteiger charge is -2.35. The first kappa shape index (κ1) is 10.4. The van der Waals surface area contributed by atoms with Crippen molar-refractivity contribution in [3.63, 3.8) is 0 Å². The Morgan fingerprint density at radius 3 is 2.46 bits per heavy atom. The highest BCUT2D eigenvalue weighted by Crippen LogP contribution is 2.35. The molecule has 0 aliphatic heterocycles. The number of ether oxygens (including phenoxy) is 1. The van der Waals surface area contributed by atoms with Crippen LogP contribution in [0, 0.1) is 0 Å². The lowest BCUT2D eigenvalue weighted by atomic mass is 9.81. The van der Waals surface area contributed by atoms with Crippen molar-refractivity contribution >= 4 is 6.16 Å². The third kappa shape index (κ3) is 2.90. The standard InChI is InChI=1S/C10H18O3/c1-2-6-10(13-9(11)12)7-4-3-5-8-10/h2-8H2,1H3,(H,11,12). The second-order valence-electron chi connectivity index (χ2n) is 3.86. The Labute approximate surface area is 79.1 Å². The van der Waals surface area contributed by atoms with Crippen LogP contribution >= 0.6 is 0 Å². The van der Waals surface area contributed by atoms with Crippen LogP contribution in [-0.2, 0) is 4.74 Å². The highest BCUT2D eigenvalue weighted by atomic mass is 16.7. The molecule has 3 heteroatoms. The average molecular weight is 186 g/mol. The van der Waals surface area contributed by atoms with Crippen molar-refractivity contribution in [3.8, 4) is 0 Å². The zero-order valence-electron chi connectivity index (χ0n) is 8.21. The third-order valence-corrected chi connectivity index (χ3v) is 2.77. The SMILES string of the molecule is CCCC1(OC(=O)O)CCCCC1. The lowest BCUT2D eigenvalue weighted by molar-refractivity contribution is -0.0470. The Balaban J connectivity index is 2.55. The molecule has 1 N–H and O–H groups in total. The van der Waals surface area contributed by atoms with Crippen molar-refractivity contribution in [2.24, 2.45) is 0 Å². The first-order valence-electron chi connectivity index (χ1n) is 5.10. The van der Waals surface area contributed by atoms with Crippen LogP contribution in [0.1, 0.15) is 51.9 Å². The second-order valence-corrected chi connectivity index (χ2v) is 3.86. The molecule has 0 radical (unpaired) electrons. The molecular formula is C10H18O3. The van der Waals surface area contributed by atoms with Gasteiger partial charge in [0.15, 0.2) is 0 Å². The van der Waals surface area contributed by atoms with Crippen molar-refractivity contribution < 1.29 is 14.6 Å². The summed E-state index contributed by atoms with van der Waals surface area (Å²) in [6, 6.07) is 0. The van der Waals surface area contributed by atoms with Crippen molar-refractivity contribution in [2.45, 2.75) is 57.5 Å². The molecule has 1 rings (SSSR count). The van der Waals surface area contributed by atoms with Crippen molar-refractivity contribution in [1.29, 1.82) is 0 Å². The number of rotatable bonds is 3. The summed E-state index contributed by atoms with van der Waals surface area (Å²) >= 11 is 0. The molecule has 0 unspecified atom stereocenters. The smallest absolute Gasteiger partial charge is 0.450 e. The fourth-order valence-electron chi connectivity index (χ4n) is 2.24. The molecule has 0 aromatic rings. The van der Waals surface area contributed by atoms with Crippen molar-refractivity contribution in [1.82, 2.24) is 0 Å². The predicted octanol–water partition coefficient (Wildman–Crippen LogP) is 3.18. The van der Waals surface area contributed by atoms with Crippen LogP contribution in [0.5, 0.6) is 0 Å². The molecule has 1 aliphatic carbocycles. The van der Waals surface area contributed by atoms with Gasteiger partial charge in [0.05, 0.1) is 0 Å². The number of hydrogen-bond acceptors (Lipinski definition) is 2. The van der Waals surface area contributed by atoms with Crippen LogP contribution < -0.4 is 0 Å². The molecule has 3 nitrogen and oxygen atoms in total. The molecule has 0 aromatic carbocycles. The van der Waals surface area contributed by atoms with Gasteiger partial charge < -0.3 is 9.84 Å². The molecule has 1 saturated carbocycles. The Morgan fingerprint density at radius 1 is 1.38 bits per heavy atom. The molecule has 76 valence electrons. The maximum absolute atomic E-state index is 10.5. The van der Waals surface area contributed by atoms with E-state index in [1.165, 1.54) is 6.42 Å². The summed E-state index contributed by atoms with van der Waals surface area (Å²) in [7, 11) is 0. The van der Waals surface area contributed by atoms with E-state index in [0.717, 1.165) is 38.5 Å². The van der Waals surface area contributed by atoms with Crippen LogP contribution in [0.2, 0.25) is 0 Å². The van der Waals surface area contributed by atoms with Gasteiger partial charge in [-0.05, 0) is 32.1 Å².